The fraction of sp³-hybridized carbons (Fsp3) is 0.692. The van der Waals surface area contributed by atoms with Crippen LogP contribution in [0.1, 0.15) is 45.2 Å². The smallest absolute Gasteiger partial charge is 0.198 e. The molecule has 0 bridgehead atoms. The zero-order valence-electron chi connectivity index (χ0n) is 10.8. The van der Waals surface area contributed by atoms with Crippen LogP contribution in [-0.4, -0.2) is 23.1 Å². The molecule has 4 heteroatoms. The standard InChI is InChI=1S/C13H20BrN3/c1-9(2)11-8-12(16-13(14)15-11)17-6-4-10(3)5-7-17/h8-10H,4-7H2,1-3H3. The molecule has 0 spiro atoms. The molecule has 1 saturated heterocycles. The van der Waals surface area contributed by atoms with Crippen molar-refractivity contribution in [1.82, 2.24) is 9.97 Å². The molecule has 1 aliphatic heterocycles. The highest BCUT2D eigenvalue weighted by molar-refractivity contribution is 9.10. The molecule has 3 nitrogen and oxygen atoms in total. The van der Waals surface area contributed by atoms with Gasteiger partial charge in [0.15, 0.2) is 4.73 Å². The van der Waals surface area contributed by atoms with E-state index < -0.39 is 0 Å². The average Bonchev–Trinajstić information content (AvgIpc) is 2.29. The molecule has 0 aliphatic carbocycles. The number of hydrogen-bond acceptors (Lipinski definition) is 3. The molecule has 0 atom stereocenters. The Morgan fingerprint density at radius 2 is 1.94 bits per heavy atom. The molecule has 1 aliphatic rings. The van der Waals surface area contributed by atoms with E-state index in [1.54, 1.807) is 0 Å². The lowest BCUT2D eigenvalue weighted by Gasteiger charge is -2.31. The molecule has 0 unspecified atom stereocenters. The second-order valence-electron chi connectivity index (χ2n) is 5.24. The zero-order valence-corrected chi connectivity index (χ0v) is 12.4. The van der Waals surface area contributed by atoms with Crippen molar-refractivity contribution in [2.75, 3.05) is 18.0 Å². The number of rotatable bonds is 2. The van der Waals surface area contributed by atoms with Crippen molar-refractivity contribution < 1.29 is 0 Å². The van der Waals surface area contributed by atoms with E-state index in [9.17, 15) is 0 Å². The van der Waals surface area contributed by atoms with Gasteiger partial charge in [-0.2, -0.15) is 0 Å². The fourth-order valence-electron chi connectivity index (χ4n) is 2.12. The Labute approximate surface area is 112 Å². The number of piperidine rings is 1. The van der Waals surface area contributed by atoms with Crippen molar-refractivity contribution in [2.45, 2.75) is 39.5 Å². The van der Waals surface area contributed by atoms with Gasteiger partial charge >= 0.3 is 0 Å². The van der Waals surface area contributed by atoms with Gasteiger partial charge in [0, 0.05) is 24.8 Å². The van der Waals surface area contributed by atoms with Gasteiger partial charge in [0.2, 0.25) is 0 Å². The second kappa shape index (κ2) is 5.34. The largest absolute Gasteiger partial charge is 0.356 e. The molecule has 0 aromatic carbocycles. The van der Waals surface area contributed by atoms with Crippen molar-refractivity contribution in [3.63, 3.8) is 0 Å². The lowest BCUT2D eigenvalue weighted by atomic mass is 9.99. The maximum Gasteiger partial charge on any atom is 0.198 e. The highest BCUT2D eigenvalue weighted by atomic mass is 79.9. The molecular weight excluding hydrogens is 278 g/mol. The first-order valence-electron chi connectivity index (χ1n) is 6.35. The predicted molar refractivity (Wildman–Crippen MR) is 74.4 cm³/mol. The molecule has 94 valence electrons. The van der Waals surface area contributed by atoms with Crippen molar-refractivity contribution >= 4 is 21.7 Å². The van der Waals surface area contributed by atoms with Gasteiger partial charge in [-0.05, 0) is 40.6 Å². The number of anilines is 1. The van der Waals surface area contributed by atoms with E-state index in [0.717, 1.165) is 30.5 Å². The first-order chi connectivity index (χ1) is 8.06. The number of hydrogen-bond donors (Lipinski definition) is 0. The Kier molecular flexibility index (Phi) is 4.02. The Morgan fingerprint density at radius 1 is 1.29 bits per heavy atom. The predicted octanol–water partition coefficient (Wildman–Crippen LogP) is 3.60. The number of aromatic nitrogens is 2. The van der Waals surface area contributed by atoms with Gasteiger partial charge < -0.3 is 4.90 Å². The summed E-state index contributed by atoms with van der Waals surface area (Å²) >= 11 is 3.41. The van der Waals surface area contributed by atoms with Crippen LogP contribution in [0.15, 0.2) is 10.8 Å². The molecule has 0 N–H and O–H groups in total. The molecule has 1 aromatic heterocycles. The van der Waals surface area contributed by atoms with Crippen molar-refractivity contribution in [3.8, 4) is 0 Å². The molecule has 2 rings (SSSR count). The number of halogens is 1. The van der Waals surface area contributed by atoms with Crippen LogP contribution in [0.4, 0.5) is 5.82 Å². The summed E-state index contributed by atoms with van der Waals surface area (Å²) in [5.41, 5.74) is 1.11. The van der Waals surface area contributed by atoms with Gasteiger partial charge in [-0.3, -0.25) is 0 Å². The summed E-state index contributed by atoms with van der Waals surface area (Å²) in [4.78, 5) is 11.3. The maximum absolute atomic E-state index is 4.50. The third-order valence-electron chi connectivity index (χ3n) is 3.40. The normalized spacial score (nSPS) is 17.8. The summed E-state index contributed by atoms with van der Waals surface area (Å²) in [6.45, 7) is 8.88. The Bertz CT molecular complexity index is 384. The summed E-state index contributed by atoms with van der Waals surface area (Å²) in [5.74, 6) is 2.36. The van der Waals surface area contributed by atoms with E-state index >= 15 is 0 Å². The minimum Gasteiger partial charge on any atom is -0.356 e. The number of nitrogens with zero attached hydrogens (tertiary/aromatic N) is 3. The van der Waals surface area contributed by atoms with Crippen LogP contribution in [0.2, 0.25) is 0 Å². The van der Waals surface area contributed by atoms with Crippen LogP contribution >= 0.6 is 15.9 Å². The zero-order chi connectivity index (χ0) is 12.4. The first kappa shape index (κ1) is 12.8. The molecule has 0 amide bonds. The molecule has 1 fully saturated rings. The van der Waals surface area contributed by atoms with E-state index in [-0.39, 0.29) is 0 Å². The molecule has 2 heterocycles. The van der Waals surface area contributed by atoms with Gasteiger partial charge in [-0.15, -0.1) is 0 Å². The third kappa shape index (κ3) is 3.18. The van der Waals surface area contributed by atoms with Gasteiger partial charge in [0.05, 0.1) is 0 Å². The Hall–Kier alpha value is -0.640. The summed E-state index contributed by atoms with van der Waals surface area (Å²) in [6.07, 6.45) is 2.53. The molecule has 1 aromatic rings. The summed E-state index contributed by atoms with van der Waals surface area (Å²) in [5, 5.41) is 0. The van der Waals surface area contributed by atoms with E-state index in [2.05, 4.69) is 57.6 Å². The van der Waals surface area contributed by atoms with E-state index in [1.165, 1.54) is 12.8 Å². The van der Waals surface area contributed by atoms with Crippen LogP contribution in [0, 0.1) is 5.92 Å². The SMILES string of the molecule is CC1CCN(c2cc(C(C)C)nc(Br)n2)CC1. The first-order valence-corrected chi connectivity index (χ1v) is 7.15. The maximum atomic E-state index is 4.50. The Morgan fingerprint density at radius 3 is 2.53 bits per heavy atom. The van der Waals surface area contributed by atoms with E-state index in [4.69, 9.17) is 0 Å². The van der Waals surface area contributed by atoms with Crippen molar-refractivity contribution in [2.24, 2.45) is 5.92 Å². The van der Waals surface area contributed by atoms with E-state index in [0.29, 0.717) is 10.7 Å². The summed E-state index contributed by atoms with van der Waals surface area (Å²) < 4.78 is 0.706. The highest BCUT2D eigenvalue weighted by Crippen LogP contribution is 2.25. The molecule has 0 saturated carbocycles. The molecule has 0 radical (unpaired) electrons. The highest BCUT2D eigenvalue weighted by Gasteiger charge is 2.18. The van der Waals surface area contributed by atoms with Gasteiger partial charge in [0.25, 0.3) is 0 Å². The van der Waals surface area contributed by atoms with Gasteiger partial charge in [-0.1, -0.05) is 20.8 Å². The monoisotopic (exact) mass is 297 g/mol. The van der Waals surface area contributed by atoms with Crippen molar-refractivity contribution in [1.29, 1.82) is 0 Å². The quantitative estimate of drug-likeness (QED) is 0.781. The van der Waals surface area contributed by atoms with Crippen LogP contribution in [0.25, 0.3) is 0 Å². The van der Waals surface area contributed by atoms with Crippen molar-refractivity contribution in [3.05, 3.63) is 16.5 Å². The summed E-state index contributed by atoms with van der Waals surface area (Å²) in [6, 6.07) is 2.13. The second-order valence-corrected chi connectivity index (χ2v) is 5.95. The van der Waals surface area contributed by atoms with Gasteiger partial charge in [0.1, 0.15) is 5.82 Å². The topological polar surface area (TPSA) is 29.0 Å². The van der Waals surface area contributed by atoms with Crippen LogP contribution in [0.5, 0.6) is 0 Å². The summed E-state index contributed by atoms with van der Waals surface area (Å²) in [7, 11) is 0. The minimum atomic E-state index is 0.441. The van der Waals surface area contributed by atoms with Gasteiger partial charge in [-0.25, -0.2) is 9.97 Å². The average molecular weight is 298 g/mol. The minimum absolute atomic E-state index is 0.441. The Balaban J connectivity index is 2.20. The van der Waals surface area contributed by atoms with Crippen LogP contribution in [-0.2, 0) is 0 Å². The van der Waals surface area contributed by atoms with Crippen LogP contribution in [0.3, 0.4) is 0 Å². The van der Waals surface area contributed by atoms with E-state index in [1.807, 2.05) is 0 Å². The lowest BCUT2D eigenvalue weighted by Crippen LogP contribution is -2.33. The van der Waals surface area contributed by atoms with Crippen LogP contribution < -0.4 is 4.90 Å². The molecule has 17 heavy (non-hydrogen) atoms. The fourth-order valence-corrected chi connectivity index (χ4v) is 2.50. The lowest BCUT2D eigenvalue weighted by molar-refractivity contribution is 0.436. The third-order valence-corrected chi connectivity index (χ3v) is 3.76. The molecular formula is C13H20BrN3.